The fourth-order valence-corrected chi connectivity index (χ4v) is 5.18. The second kappa shape index (κ2) is 10.7. The van der Waals surface area contributed by atoms with Crippen LogP contribution in [0.15, 0.2) is 108 Å². The summed E-state index contributed by atoms with van der Waals surface area (Å²) in [6.07, 6.45) is 0. The summed E-state index contributed by atoms with van der Waals surface area (Å²) in [6, 6.07) is 25.5. The Hall–Kier alpha value is -4.04. The molecule has 1 N–H and O–H groups in total. The van der Waals surface area contributed by atoms with Crippen molar-refractivity contribution in [3.63, 3.8) is 0 Å². The molecule has 0 saturated heterocycles. The van der Waals surface area contributed by atoms with Gasteiger partial charge in [-0.25, -0.2) is 17.2 Å². The summed E-state index contributed by atoms with van der Waals surface area (Å²) in [5, 5.41) is 2.93. The van der Waals surface area contributed by atoms with Crippen molar-refractivity contribution in [1.82, 2.24) is 5.32 Å². The molecule has 0 heterocycles. The van der Waals surface area contributed by atoms with E-state index in [1.54, 1.807) is 0 Å². The maximum Gasteiger partial charge on any atom is 0.264 e. The maximum absolute atomic E-state index is 13.6. The van der Waals surface area contributed by atoms with Crippen LogP contribution in [-0.2, 0) is 14.8 Å². The van der Waals surface area contributed by atoms with E-state index in [2.05, 4.69) is 5.32 Å². The van der Waals surface area contributed by atoms with Crippen LogP contribution in [0.5, 0.6) is 0 Å². The SMILES string of the molecule is Cc1ccc(C(NC(=O)CN(c2ccc(F)cc2)S(=O)(=O)c2ccc(F)cc2)c2ccccc2)cc1. The molecule has 0 aliphatic heterocycles. The Balaban J connectivity index is 1.68. The molecular weight excluding hydrogens is 482 g/mol. The Labute approximate surface area is 209 Å². The third-order valence-electron chi connectivity index (χ3n) is 5.65. The number of carbonyl (C=O) groups is 1. The lowest BCUT2D eigenvalue weighted by atomic mass is 9.98. The number of nitrogens with zero attached hydrogens (tertiary/aromatic N) is 1. The molecule has 0 bridgehead atoms. The summed E-state index contributed by atoms with van der Waals surface area (Å²) < 4.78 is 54.8. The van der Waals surface area contributed by atoms with Gasteiger partial charge in [-0.2, -0.15) is 0 Å². The molecular formula is C28H24F2N2O3S. The van der Waals surface area contributed by atoms with Gasteiger partial charge in [-0.1, -0.05) is 60.2 Å². The molecule has 0 radical (unpaired) electrons. The van der Waals surface area contributed by atoms with Crippen LogP contribution in [0.4, 0.5) is 14.5 Å². The van der Waals surface area contributed by atoms with Gasteiger partial charge < -0.3 is 5.32 Å². The summed E-state index contributed by atoms with van der Waals surface area (Å²) in [5.41, 5.74) is 2.81. The fraction of sp³-hybridized carbons (Fsp3) is 0.107. The van der Waals surface area contributed by atoms with Crippen molar-refractivity contribution in [1.29, 1.82) is 0 Å². The molecule has 4 aromatic rings. The van der Waals surface area contributed by atoms with Crippen molar-refractivity contribution >= 4 is 21.6 Å². The van der Waals surface area contributed by atoms with E-state index in [0.29, 0.717) is 0 Å². The fourth-order valence-electron chi connectivity index (χ4n) is 3.76. The molecule has 1 atom stereocenters. The van der Waals surface area contributed by atoms with Gasteiger partial charge in [0.2, 0.25) is 5.91 Å². The molecule has 8 heteroatoms. The number of amides is 1. The van der Waals surface area contributed by atoms with Gasteiger partial charge >= 0.3 is 0 Å². The predicted octanol–water partition coefficient (Wildman–Crippen LogP) is 5.37. The monoisotopic (exact) mass is 506 g/mol. The molecule has 0 aliphatic rings. The Morgan fingerprint density at radius 2 is 1.31 bits per heavy atom. The molecule has 1 amide bonds. The maximum atomic E-state index is 13.6. The topological polar surface area (TPSA) is 66.5 Å². The van der Waals surface area contributed by atoms with Crippen LogP contribution >= 0.6 is 0 Å². The van der Waals surface area contributed by atoms with E-state index < -0.39 is 40.2 Å². The highest BCUT2D eigenvalue weighted by Crippen LogP contribution is 2.26. The molecule has 184 valence electrons. The highest BCUT2D eigenvalue weighted by Gasteiger charge is 2.28. The highest BCUT2D eigenvalue weighted by atomic mass is 32.2. The first kappa shape index (κ1) is 25.1. The van der Waals surface area contributed by atoms with Crippen LogP contribution in [0.2, 0.25) is 0 Å². The summed E-state index contributed by atoms with van der Waals surface area (Å²) in [5.74, 6) is -1.71. The number of sulfonamides is 1. The Morgan fingerprint density at radius 3 is 1.89 bits per heavy atom. The number of rotatable bonds is 8. The zero-order valence-corrected chi connectivity index (χ0v) is 20.3. The van der Waals surface area contributed by atoms with Crippen molar-refractivity contribution in [3.05, 3.63) is 131 Å². The van der Waals surface area contributed by atoms with Gasteiger partial charge in [0.15, 0.2) is 0 Å². The highest BCUT2D eigenvalue weighted by molar-refractivity contribution is 7.92. The van der Waals surface area contributed by atoms with Crippen LogP contribution in [0.3, 0.4) is 0 Å². The molecule has 0 aromatic heterocycles. The normalized spacial score (nSPS) is 12.1. The zero-order chi connectivity index (χ0) is 25.7. The Morgan fingerprint density at radius 1 is 0.778 bits per heavy atom. The lowest BCUT2D eigenvalue weighted by molar-refractivity contribution is -0.120. The van der Waals surface area contributed by atoms with Crippen LogP contribution in [0.1, 0.15) is 22.7 Å². The lowest BCUT2D eigenvalue weighted by Crippen LogP contribution is -2.42. The van der Waals surface area contributed by atoms with Gasteiger partial charge in [-0.05, 0) is 66.6 Å². The quantitative estimate of drug-likeness (QED) is 0.349. The second-order valence-electron chi connectivity index (χ2n) is 8.26. The molecule has 0 aliphatic carbocycles. The Kier molecular flexibility index (Phi) is 7.45. The number of carbonyl (C=O) groups excluding carboxylic acids is 1. The first-order valence-electron chi connectivity index (χ1n) is 11.2. The van der Waals surface area contributed by atoms with Crippen molar-refractivity contribution in [3.8, 4) is 0 Å². The number of hydrogen-bond donors (Lipinski definition) is 1. The number of benzene rings is 4. The number of aryl methyl sites for hydroxylation is 1. The summed E-state index contributed by atoms with van der Waals surface area (Å²) >= 11 is 0. The van der Waals surface area contributed by atoms with E-state index in [4.69, 9.17) is 0 Å². The van der Waals surface area contributed by atoms with Gasteiger partial charge in [0, 0.05) is 0 Å². The molecule has 4 rings (SSSR count). The van der Waals surface area contributed by atoms with Crippen LogP contribution < -0.4 is 9.62 Å². The first-order valence-corrected chi connectivity index (χ1v) is 12.6. The van der Waals surface area contributed by atoms with E-state index >= 15 is 0 Å². The zero-order valence-electron chi connectivity index (χ0n) is 19.4. The van der Waals surface area contributed by atoms with Crippen molar-refractivity contribution in [2.75, 3.05) is 10.8 Å². The van der Waals surface area contributed by atoms with E-state index in [0.717, 1.165) is 57.4 Å². The minimum Gasteiger partial charge on any atom is -0.344 e. The first-order chi connectivity index (χ1) is 17.2. The number of anilines is 1. The summed E-state index contributed by atoms with van der Waals surface area (Å²) in [6.45, 7) is 1.39. The van der Waals surface area contributed by atoms with E-state index in [1.807, 2.05) is 61.5 Å². The lowest BCUT2D eigenvalue weighted by Gasteiger charge is -2.26. The number of halogens is 2. The molecule has 0 saturated carbocycles. The molecule has 0 fully saturated rings. The summed E-state index contributed by atoms with van der Waals surface area (Å²) in [4.78, 5) is 13.1. The Bertz CT molecular complexity index is 1430. The van der Waals surface area contributed by atoms with Gasteiger partial charge in [-0.15, -0.1) is 0 Å². The van der Waals surface area contributed by atoms with Crippen molar-refractivity contribution < 1.29 is 22.0 Å². The van der Waals surface area contributed by atoms with Gasteiger partial charge in [0.05, 0.1) is 16.6 Å². The van der Waals surface area contributed by atoms with E-state index in [1.165, 1.54) is 12.1 Å². The number of nitrogens with one attached hydrogen (secondary N) is 1. The van der Waals surface area contributed by atoms with Gasteiger partial charge in [-0.3, -0.25) is 9.10 Å². The molecule has 1 unspecified atom stereocenters. The minimum atomic E-state index is -4.27. The van der Waals surface area contributed by atoms with Crippen molar-refractivity contribution in [2.24, 2.45) is 0 Å². The average molecular weight is 507 g/mol. The van der Waals surface area contributed by atoms with Crippen molar-refractivity contribution in [2.45, 2.75) is 17.9 Å². The predicted molar refractivity (Wildman–Crippen MR) is 135 cm³/mol. The molecule has 0 spiro atoms. The van der Waals surface area contributed by atoms with Gasteiger partial charge in [0.25, 0.3) is 10.0 Å². The third kappa shape index (κ3) is 5.78. The molecule has 36 heavy (non-hydrogen) atoms. The van der Waals surface area contributed by atoms with Gasteiger partial charge in [0.1, 0.15) is 18.2 Å². The second-order valence-corrected chi connectivity index (χ2v) is 10.1. The molecule has 4 aromatic carbocycles. The van der Waals surface area contributed by atoms with E-state index in [-0.39, 0.29) is 10.6 Å². The molecule has 5 nitrogen and oxygen atoms in total. The number of hydrogen-bond acceptors (Lipinski definition) is 3. The van der Waals surface area contributed by atoms with E-state index in [9.17, 15) is 22.0 Å². The standard InChI is InChI=1S/C28H24F2N2O3S/c1-20-7-9-22(10-8-20)28(21-5-3-2-4-6-21)31-27(33)19-32(25-15-11-23(29)12-16-25)36(34,35)26-17-13-24(30)14-18-26/h2-18,28H,19H2,1H3,(H,31,33). The average Bonchev–Trinajstić information content (AvgIpc) is 2.88. The largest absolute Gasteiger partial charge is 0.344 e. The minimum absolute atomic E-state index is 0.0995. The van der Waals surface area contributed by atoms with Crippen LogP contribution in [-0.4, -0.2) is 20.9 Å². The van der Waals surface area contributed by atoms with Crippen LogP contribution in [0.25, 0.3) is 0 Å². The smallest absolute Gasteiger partial charge is 0.264 e. The van der Waals surface area contributed by atoms with Crippen LogP contribution in [0, 0.1) is 18.6 Å². The summed E-state index contributed by atoms with van der Waals surface area (Å²) in [7, 11) is -4.27. The third-order valence-corrected chi connectivity index (χ3v) is 7.44.